The summed E-state index contributed by atoms with van der Waals surface area (Å²) in [6.45, 7) is 8.40. The lowest BCUT2D eigenvalue weighted by atomic mass is 10.1. The van der Waals surface area contributed by atoms with Crippen molar-refractivity contribution in [3.05, 3.63) is 47.0 Å². The quantitative estimate of drug-likeness (QED) is 0.407. The molecule has 0 saturated carbocycles. The maximum atomic E-state index is 13.5. The Morgan fingerprint density at radius 1 is 1.07 bits per heavy atom. The number of hydrogen-bond donors (Lipinski definition) is 2. The molecule has 2 fully saturated rings. The molecule has 2 aliphatic rings. The standard InChI is InChI=1S/C27H32ClN5O5S2/c1-27(2,17-32-9-3-4-10-32)40(36,37)19-6-8-22-23(16-19)39-26(29-22)31-25(35)30-24(34)20-15-18(5-7-21(20)28)33-11-13-38-14-12-33/h5-8,15-16H,3-4,9-14,17H2,1-2H3,(H2,29,30,31,34,35). The molecule has 0 atom stereocenters. The van der Waals surface area contributed by atoms with Crippen LogP contribution in [0.25, 0.3) is 10.2 Å². The molecule has 0 unspecified atom stereocenters. The minimum atomic E-state index is -3.62. The van der Waals surface area contributed by atoms with Crippen molar-refractivity contribution >= 4 is 65.7 Å². The van der Waals surface area contributed by atoms with Gasteiger partial charge in [-0.25, -0.2) is 18.2 Å². The number of amides is 3. The Morgan fingerprint density at radius 2 is 1.80 bits per heavy atom. The number of sulfone groups is 1. The molecular weight excluding hydrogens is 574 g/mol. The monoisotopic (exact) mass is 605 g/mol. The molecule has 0 spiro atoms. The summed E-state index contributed by atoms with van der Waals surface area (Å²) in [5, 5.41) is 5.34. The number of halogens is 1. The molecule has 2 aliphatic heterocycles. The lowest BCUT2D eigenvalue weighted by molar-refractivity contribution is 0.0967. The fraction of sp³-hybridized carbons (Fsp3) is 0.444. The van der Waals surface area contributed by atoms with Crippen molar-refractivity contribution in [2.75, 3.05) is 56.2 Å². The average molecular weight is 606 g/mol. The summed E-state index contributed by atoms with van der Waals surface area (Å²) < 4.78 is 32.0. The second-order valence-corrected chi connectivity index (χ2v) is 14.6. The van der Waals surface area contributed by atoms with E-state index in [0.717, 1.165) is 43.0 Å². The van der Waals surface area contributed by atoms with Gasteiger partial charge in [-0.1, -0.05) is 22.9 Å². The topological polar surface area (TPSA) is 121 Å². The Hall–Kier alpha value is -2.77. The molecule has 2 aromatic carbocycles. The lowest BCUT2D eigenvalue weighted by Gasteiger charge is -2.29. The van der Waals surface area contributed by atoms with E-state index in [-0.39, 0.29) is 20.6 Å². The number of urea groups is 1. The molecular formula is C27H32ClN5O5S2. The molecule has 13 heteroatoms. The number of thiazole rings is 1. The van der Waals surface area contributed by atoms with Crippen LogP contribution in [0.5, 0.6) is 0 Å². The number of carbonyl (C=O) groups is 2. The van der Waals surface area contributed by atoms with Crippen LogP contribution >= 0.6 is 22.9 Å². The predicted octanol–water partition coefficient (Wildman–Crippen LogP) is 4.40. The van der Waals surface area contributed by atoms with Crippen LogP contribution in [0.2, 0.25) is 5.02 Å². The predicted molar refractivity (Wildman–Crippen MR) is 158 cm³/mol. The second-order valence-electron chi connectivity index (χ2n) is 10.6. The Bertz CT molecular complexity index is 1530. The summed E-state index contributed by atoms with van der Waals surface area (Å²) in [5.41, 5.74) is 1.54. The largest absolute Gasteiger partial charge is 0.378 e. The number of morpholine rings is 1. The summed E-state index contributed by atoms with van der Waals surface area (Å²) in [4.78, 5) is 34.4. The zero-order chi connectivity index (χ0) is 28.5. The van der Waals surface area contributed by atoms with E-state index in [1.54, 1.807) is 44.2 Å². The third-order valence-corrected chi connectivity index (χ3v) is 10.9. The smallest absolute Gasteiger partial charge is 0.327 e. The van der Waals surface area contributed by atoms with E-state index in [4.69, 9.17) is 16.3 Å². The minimum absolute atomic E-state index is 0.177. The van der Waals surface area contributed by atoms with E-state index in [1.165, 1.54) is 0 Å². The Kier molecular flexibility index (Phi) is 8.35. The van der Waals surface area contributed by atoms with Gasteiger partial charge < -0.3 is 14.5 Å². The molecule has 3 aromatic rings. The third kappa shape index (κ3) is 6.10. The van der Waals surface area contributed by atoms with Crippen molar-refractivity contribution < 1.29 is 22.7 Å². The zero-order valence-electron chi connectivity index (χ0n) is 22.4. The number of hydrogen-bond acceptors (Lipinski definition) is 9. The molecule has 0 bridgehead atoms. The van der Waals surface area contributed by atoms with Crippen LogP contribution in [0.15, 0.2) is 41.3 Å². The van der Waals surface area contributed by atoms with Crippen LogP contribution in [0.3, 0.4) is 0 Å². The van der Waals surface area contributed by atoms with E-state index < -0.39 is 26.5 Å². The summed E-state index contributed by atoms with van der Waals surface area (Å²) in [6, 6.07) is 9.13. The molecule has 3 heterocycles. The maximum Gasteiger partial charge on any atom is 0.327 e. The Balaban J connectivity index is 1.27. The summed E-state index contributed by atoms with van der Waals surface area (Å²) in [6.07, 6.45) is 2.18. The van der Waals surface area contributed by atoms with Crippen LogP contribution in [0, 0.1) is 0 Å². The minimum Gasteiger partial charge on any atom is -0.378 e. The number of fused-ring (bicyclic) bond motifs is 1. The van der Waals surface area contributed by atoms with Gasteiger partial charge in [0.1, 0.15) is 0 Å². The van der Waals surface area contributed by atoms with Gasteiger partial charge in [-0.3, -0.25) is 15.4 Å². The molecule has 2 saturated heterocycles. The number of nitrogens with one attached hydrogen (secondary N) is 2. The Labute approximate surface area is 242 Å². The fourth-order valence-corrected chi connectivity index (χ4v) is 7.70. The molecule has 1 aromatic heterocycles. The first-order valence-electron chi connectivity index (χ1n) is 13.2. The highest BCUT2D eigenvalue weighted by molar-refractivity contribution is 7.92. The van der Waals surface area contributed by atoms with Gasteiger partial charge >= 0.3 is 6.03 Å². The number of anilines is 2. The number of likely N-dealkylation sites (tertiary alicyclic amines) is 1. The first-order chi connectivity index (χ1) is 19.0. The highest BCUT2D eigenvalue weighted by Crippen LogP contribution is 2.33. The second kappa shape index (κ2) is 11.6. The van der Waals surface area contributed by atoms with Crippen molar-refractivity contribution in [3.8, 4) is 0 Å². The van der Waals surface area contributed by atoms with E-state index in [1.807, 2.05) is 6.07 Å². The number of aromatic nitrogens is 1. The number of imide groups is 1. The first-order valence-corrected chi connectivity index (χ1v) is 15.8. The zero-order valence-corrected chi connectivity index (χ0v) is 24.8. The van der Waals surface area contributed by atoms with Crippen LogP contribution in [0.4, 0.5) is 15.6 Å². The lowest BCUT2D eigenvalue weighted by Crippen LogP contribution is -2.43. The van der Waals surface area contributed by atoms with Gasteiger partial charge in [0.25, 0.3) is 5.91 Å². The average Bonchev–Trinajstić information content (AvgIpc) is 3.57. The van der Waals surface area contributed by atoms with Crippen molar-refractivity contribution in [1.29, 1.82) is 0 Å². The van der Waals surface area contributed by atoms with Crippen LogP contribution < -0.4 is 15.5 Å². The van der Waals surface area contributed by atoms with E-state index in [9.17, 15) is 18.0 Å². The van der Waals surface area contributed by atoms with Gasteiger partial charge in [-0.15, -0.1) is 0 Å². The van der Waals surface area contributed by atoms with E-state index in [0.29, 0.717) is 43.1 Å². The first kappa shape index (κ1) is 28.7. The highest BCUT2D eigenvalue weighted by atomic mass is 35.5. The number of rotatable bonds is 7. The van der Waals surface area contributed by atoms with Gasteiger partial charge in [-0.2, -0.15) is 0 Å². The van der Waals surface area contributed by atoms with Gasteiger partial charge in [-0.05, 0) is 76.2 Å². The van der Waals surface area contributed by atoms with Gasteiger partial charge in [0.05, 0.1) is 43.7 Å². The van der Waals surface area contributed by atoms with Crippen molar-refractivity contribution in [2.45, 2.75) is 36.3 Å². The van der Waals surface area contributed by atoms with Crippen molar-refractivity contribution in [3.63, 3.8) is 0 Å². The molecule has 0 aliphatic carbocycles. The van der Waals surface area contributed by atoms with E-state index >= 15 is 0 Å². The van der Waals surface area contributed by atoms with Crippen molar-refractivity contribution in [1.82, 2.24) is 15.2 Å². The van der Waals surface area contributed by atoms with E-state index in [2.05, 4.69) is 25.4 Å². The number of benzene rings is 2. The number of ether oxygens (including phenoxy) is 1. The number of nitrogens with zero attached hydrogens (tertiary/aromatic N) is 3. The molecule has 40 heavy (non-hydrogen) atoms. The normalized spacial score (nSPS) is 16.8. The molecule has 10 nitrogen and oxygen atoms in total. The summed E-state index contributed by atoms with van der Waals surface area (Å²) in [5.74, 6) is -0.646. The molecule has 214 valence electrons. The van der Waals surface area contributed by atoms with Crippen LogP contribution in [0.1, 0.15) is 37.0 Å². The maximum absolute atomic E-state index is 13.5. The van der Waals surface area contributed by atoms with Gasteiger partial charge in [0, 0.05) is 25.3 Å². The van der Waals surface area contributed by atoms with Crippen LogP contribution in [-0.2, 0) is 14.6 Å². The molecule has 2 N–H and O–H groups in total. The number of carbonyl (C=O) groups excluding carboxylic acids is 2. The Morgan fingerprint density at radius 3 is 2.52 bits per heavy atom. The molecule has 0 radical (unpaired) electrons. The SMILES string of the molecule is CC(C)(CN1CCCC1)S(=O)(=O)c1ccc2nc(NC(=O)NC(=O)c3cc(N4CCOCC4)ccc3Cl)sc2c1. The fourth-order valence-electron chi connectivity index (χ4n) is 5.01. The van der Waals surface area contributed by atoms with Crippen molar-refractivity contribution in [2.24, 2.45) is 0 Å². The summed E-state index contributed by atoms with van der Waals surface area (Å²) >= 11 is 7.39. The molecule has 5 rings (SSSR count). The van der Waals surface area contributed by atoms with Gasteiger partial charge in [0.2, 0.25) is 0 Å². The van der Waals surface area contributed by atoms with Crippen LogP contribution in [-0.4, -0.2) is 80.9 Å². The molecule has 3 amide bonds. The highest BCUT2D eigenvalue weighted by Gasteiger charge is 2.38. The summed E-state index contributed by atoms with van der Waals surface area (Å²) in [7, 11) is -3.62. The van der Waals surface area contributed by atoms with Gasteiger partial charge in [0.15, 0.2) is 15.0 Å². The third-order valence-electron chi connectivity index (χ3n) is 7.22.